The number of carbonyl (C=O) groups excluding carboxylic acids is 2. The van der Waals surface area contributed by atoms with Crippen LogP contribution in [0.2, 0.25) is 0 Å². The zero-order valence-electron chi connectivity index (χ0n) is 22.6. The molecule has 0 aliphatic carbocycles. The van der Waals surface area contributed by atoms with Gasteiger partial charge >= 0.3 is 12.1 Å². The Bertz CT molecular complexity index is 1490. The van der Waals surface area contributed by atoms with Gasteiger partial charge in [0, 0.05) is 42.9 Å². The highest BCUT2D eigenvalue weighted by Gasteiger charge is 2.40. The van der Waals surface area contributed by atoms with Gasteiger partial charge in [0.2, 0.25) is 0 Å². The molecule has 2 N–H and O–H groups in total. The molecule has 5 rings (SSSR count). The summed E-state index contributed by atoms with van der Waals surface area (Å²) in [5.41, 5.74) is 9.54. The molecule has 4 heterocycles. The molecule has 0 unspecified atom stereocenters. The number of ether oxygens (including phenoxy) is 2. The number of fused-ring (bicyclic) bond motifs is 1. The standard InChI is InChI=1S/C28H33N7O4/c1-28(2,3)39-26(36)23-11-10-19(16-34(23)27(37)38-17-18-8-6-5-7-9-18)22-12-24(29)35-25(32-22)21(14-31-35)20-13-30-33(4)15-20/h5-9,12-15,19,23H,10-11,16-17,29H2,1-4H3/t19-,23-/m0/s1. The molecule has 0 bridgehead atoms. The number of aromatic nitrogens is 5. The Morgan fingerprint density at radius 2 is 1.87 bits per heavy atom. The maximum Gasteiger partial charge on any atom is 0.410 e. The first-order valence-corrected chi connectivity index (χ1v) is 12.9. The van der Waals surface area contributed by atoms with E-state index in [9.17, 15) is 9.59 Å². The van der Waals surface area contributed by atoms with Crippen molar-refractivity contribution in [3.63, 3.8) is 0 Å². The van der Waals surface area contributed by atoms with E-state index in [1.54, 1.807) is 27.7 Å². The Morgan fingerprint density at radius 3 is 2.56 bits per heavy atom. The van der Waals surface area contributed by atoms with Crippen molar-refractivity contribution in [1.82, 2.24) is 29.3 Å². The van der Waals surface area contributed by atoms with Gasteiger partial charge in [0.15, 0.2) is 5.65 Å². The first kappa shape index (κ1) is 26.2. The Labute approximate surface area is 226 Å². The lowest BCUT2D eigenvalue weighted by atomic mass is 9.90. The average molecular weight is 532 g/mol. The highest BCUT2D eigenvalue weighted by Crippen LogP contribution is 2.33. The predicted octanol–water partition coefficient (Wildman–Crippen LogP) is 3.94. The van der Waals surface area contributed by atoms with Gasteiger partial charge < -0.3 is 15.2 Å². The second kappa shape index (κ2) is 10.4. The van der Waals surface area contributed by atoms with E-state index in [2.05, 4.69) is 10.2 Å². The fourth-order valence-electron chi connectivity index (χ4n) is 4.81. The van der Waals surface area contributed by atoms with Gasteiger partial charge in [-0.2, -0.15) is 14.7 Å². The molecule has 11 nitrogen and oxygen atoms in total. The number of benzene rings is 1. The van der Waals surface area contributed by atoms with Gasteiger partial charge in [-0.15, -0.1) is 0 Å². The summed E-state index contributed by atoms with van der Waals surface area (Å²) in [6, 6.07) is 10.4. The zero-order chi connectivity index (χ0) is 27.7. The topological polar surface area (TPSA) is 130 Å². The Kier molecular flexibility index (Phi) is 6.98. The SMILES string of the molecule is Cn1cc(-c2cnn3c(N)cc([C@H]4CC[C@@H](C(=O)OC(C)(C)C)N(C(=O)OCc5ccccc5)C4)nc23)cn1. The van der Waals surface area contributed by atoms with E-state index in [4.69, 9.17) is 20.2 Å². The van der Waals surface area contributed by atoms with E-state index >= 15 is 0 Å². The number of likely N-dealkylation sites (tertiary alicyclic amines) is 1. The maximum absolute atomic E-state index is 13.3. The van der Waals surface area contributed by atoms with E-state index in [-0.39, 0.29) is 19.1 Å². The molecule has 1 fully saturated rings. The Morgan fingerprint density at radius 1 is 1.10 bits per heavy atom. The summed E-state index contributed by atoms with van der Waals surface area (Å²) in [6.45, 7) is 5.76. The van der Waals surface area contributed by atoms with Crippen LogP contribution in [0, 0.1) is 0 Å². The molecule has 1 aliphatic heterocycles. The molecular formula is C28H33N7O4. The number of aryl methyl sites for hydroxylation is 1. The Hall–Kier alpha value is -4.41. The Balaban J connectivity index is 1.43. The summed E-state index contributed by atoms with van der Waals surface area (Å²) >= 11 is 0. The van der Waals surface area contributed by atoms with Gasteiger partial charge in [-0.3, -0.25) is 9.58 Å². The fourth-order valence-corrected chi connectivity index (χ4v) is 4.81. The molecule has 3 aromatic heterocycles. The number of rotatable bonds is 5. The fraction of sp³-hybridized carbons (Fsp3) is 0.393. The highest BCUT2D eigenvalue weighted by molar-refractivity contribution is 5.82. The molecule has 1 aliphatic rings. The van der Waals surface area contributed by atoms with Crippen molar-refractivity contribution in [2.75, 3.05) is 12.3 Å². The van der Waals surface area contributed by atoms with Crippen molar-refractivity contribution in [1.29, 1.82) is 0 Å². The number of nitrogens with zero attached hydrogens (tertiary/aromatic N) is 6. The third-order valence-corrected chi connectivity index (χ3v) is 6.65. The summed E-state index contributed by atoms with van der Waals surface area (Å²) in [4.78, 5) is 32.8. The van der Waals surface area contributed by atoms with Crippen LogP contribution >= 0.6 is 0 Å². The van der Waals surface area contributed by atoms with Crippen LogP contribution < -0.4 is 5.73 Å². The van der Waals surface area contributed by atoms with E-state index in [0.717, 1.165) is 16.7 Å². The molecule has 2 atom stereocenters. The molecular weight excluding hydrogens is 498 g/mol. The second-order valence-electron chi connectivity index (χ2n) is 10.8. The monoisotopic (exact) mass is 531 g/mol. The van der Waals surface area contributed by atoms with Gasteiger partial charge in [-0.25, -0.2) is 14.6 Å². The van der Waals surface area contributed by atoms with Crippen molar-refractivity contribution in [3.8, 4) is 11.1 Å². The molecule has 0 spiro atoms. The van der Waals surface area contributed by atoms with Crippen molar-refractivity contribution in [2.45, 2.75) is 57.8 Å². The minimum absolute atomic E-state index is 0.101. The van der Waals surface area contributed by atoms with Crippen LogP contribution in [0.25, 0.3) is 16.8 Å². The van der Waals surface area contributed by atoms with Crippen LogP contribution in [-0.4, -0.2) is 59.5 Å². The zero-order valence-corrected chi connectivity index (χ0v) is 22.6. The summed E-state index contributed by atoms with van der Waals surface area (Å²) < 4.78 is 14.6. The third-order valence-electron chi connectivity index (χ3n) is 6.65. The normalized spacial score (nSPS) is 17.8. The van der Waals surface area contributed by atoms with Crippen molar-refractivity contribution >= 4 is 23.5 Å². The molecule has 0 radical (unpaired) electrons. The summed E-state index contributed by atoms with van der Waals surface area (Å²) in [5, 5.41) is 8.65. The summed E-state index contributed by atoms with van der Waals surface area (Å²) in [6.07, 6.45) is 5.80. The predicted molar refractivity (Wildman–Crippen MR) is 145 cm³/mol. The molecule has 1 amide bonds. The van der Waals surface area contributed by atoms with Crippen LogP contribution in [0.1, 0.15) is 50.8 Å². The quantitative estimate of drug-likeness (QED) is 0.383. The number of esters is 1. The molecule has 4 aromatic rings. The van der Waals surface area contributed by atoms with Gasteiger partial charge in [0.25, 0.3) is 0 Å². The number of anilines is 1. The van der Waals surface area contributed by atoms with Gasteiger partial charge in [-0.1, -0.05) is 30.3 Å². The number of hydrogen-bond acceptors (Lipinski definition) is 8. The lowest BCUT2D eigenvalue weighted by molar-refractivity contribution is -0.162. The second-order valence-corrected chi connectivity index (χ2v) is 10.8. The van der Waals surface area contributed by atoms with Crippen LogP contribution in [0.4, 0.5) is 10.6 Å². The van der Waals surface area contributed by atoms with Crippen molar-refractivity contribution < 1.29 is 19.1 Å². The lowest BCUT2D eigenvalue weighted by Crippen LogP contribution is -2.52. The highest BCUT2D eigenvalue weighted by atomic mass is 16.6. The first-order chi connectivity index (χ1) is 18.6. The largest absolute Gasteiger partial charge is 0.458 e. The summed E-state index contributed by atoms with van der Waals surface area (Å²) in [7, 11) is 1.84. The smallest absolute Gasteiger partial charge is 0.410 e. The molecule has 39 heavy (non-hydrogen) atoms. The number of amides is 1. The first-order valence-electron chi connectivity index (χ1n) is 12.9. The van der Waals surface area contributed by atoms with Gasteiger partial charge in [0.1, 0.15) is 24.1 Å². The van der Waals surface area contributed by atoms with E-state index in [1.807, 2.05) is 64.3 Å². The van der Waals surface area contributed by atoms with Gasteiger partial charge in [-0.05, 0) is 39.2 Å². The van der Waals surface area contributed by atoms with E-state index in [0.29, 0.717) is 30.0 Å². The van der Waals surface area contributed by atoms with Crippen LogP contribution in [0.5, 0.6) is 0 Å². The van der Waals surface area contributed by atoms with Gasteiger partial charge in [0.05, 0.1) is 18.1 Å². The minimum atomic E-state index is -0.759. The molecule has 204 valence electrons. The van der Waals surface area contributed by atoms with E-state index < -0.39 is 23.7 Å². The van der Waals surface area contributed by atoms with Crippen LogP contribution in [0.3, 0.4) is 0 Å². The minimum Gasteiger partial charge on any atom is -0.458 e. The molecule has 0 saturated carbocycles. The number of nitrogen functional groups attached to an aromatic ring is 1. The average Bonchev–Trinajstić information content (AvgIpc) is 3.52. The van der Waals surface area contributed by atoms with Crippen LogP contribution in [0.15, 0.2) is 55.0 Å². The summed E-state index contributed by atoms with van der Waals surface area (Å²) in [5.74, 6) is -0.190. The van der Waals surface area contributed by atoms with Crippen molar-refractivity contribution in [2.24, 2.45) is 7.05 Å². The number of nitrogens with two attached hydrogens (primary N) is 1. The third kappa shape index (κ3) is 5.71. The van der Waals surface area contributed by atoms with E-state index in [1.165, 1.54) is 4.90 Å². The lowest BCUT2D eigenvalue weighted by Gasteiger charge is -2.38. The number of piperidine rings is 1. The molecule has 1 saturated heterocycles. The van der Waals surface area contributed by atoms with Crippen molar-refractivity contribution in [3.05, 3.63) is 66.2 Å². The number of carbonyl (C=O) groups is 2. The number of hydrogen-bond donors (Lipinski definition) is 1. The van der Waals surface area contributed by atoms with Crippen LogP contribution in [-0.2, 0) is 27.9 Å². The molecule has 11 heteroatoms. The molecule has 1 aromatic carbocycles. The maximum atomic E-state index is 13.3.